The number of carbonyl (C=O) groups is 1. The lowest BCUT2D eigenvalue weighted by Gasteiger charge is -2.10. The first kappa shape index (κ1) is 17.5. The van der Waals surface area contributed by atoms with Crippen LogP contribution >= 0.6 is 11.8 Å². The lowest BCUT2D eigenvalue weighted by molar-refractivity contribution is 0.0995. The standard InChI is InChI=1S/C20H19N5OS/c1-12-17(15-6-4-5-7-16(15)22-12)18(26)13(2)27-20-24-23-19(25(20)3)14-8-10-21-11-9-14/h4-11,13,22H,1-3H3/t13-/m0/s1. The van der Waals surface area contributed by atoms with E-state index in [0.29, 0.717) is 5.16 Å². The predicted octanol–water partition coefficient (Wildman–Crippen LogP) is 4.03. The van der Waals surface area contributed by atoms with Gasteiger partial charge < -0.3 is 9.55 Å². The summed E-state index contributed by atoms with van der Waals surface area (Å²) in [6, 6.07) is 11.7. The van der Waals surface area contributed by atoms with E-state index in [-0.39, 0.29) is 11.0 Å². The van der Waals surface area contributed by atoms with Crippen LogP contribution in [0.4, 0.5) is 0 Å². The number of aryl methyl sites for hydroxylation is 1. The van der Waals surface area contributed by atoms with Crippen molar-refractivity contribution in [2.45, 2.75) is 24.3 Å². The first-order valence-corrected chi connectivity index (χ1v) is 9.52. The van der Waals surface area contributed by atoms with Crippen LogP contribution in [0.5, 0.6) is 0 Å². The van der Waals surface area contributed by atoms with Crippen LogP contribution < -0.4 is 0 Å². The molecule has 0 unspecified atom stereocenters. The van der Waals surface area contributed by atoms with Gasteiger partial charge in [0.2, 0.25) is 0 Å². The SMILES string of the molecule is Cc1[nH]c2ccccc2c1C(=O)[C@H](C)Sc1nnc(-c2ccncc2)n1C. The van der Waals surface area contributed by atoms with Crippen LogP contribution in [0.25, 0.3) is 22.3 Å². The molecule has 0 aliphatic rings. The Morgan fingerprint density at radius 1 is 1.15 bits per heavy atom. The normalized spacial score (nSPS) is 12.4. The van der Waals surface area contributed by atoms with Gasteiger partial charge in [0.15, 0.2) is 16.8 Å². The second-order valence-corrected chi connectivity index (χ2v) is 7.70. The molecule has 27 heavy (non-hydrogen) atoms. The minimum Gasteiger partial charge on any atom is -0.358 e. The summed E-state index contributed by atoms with van der Waals surface area (Å²) in [6.07, 6.45) is 3.45. The molecule has 0 fully saturated rings. The largest absolute Gasteiger partial charge is 0.358 e. The van der Waals surface area contributed by atoms with Crippen LogP contribution in [-0.4, -0.2) is 35.8 Å². The molecule has 0 bridgehead atoms. The Kier molecular flexibility index (Phi) is 4.53. The summed E-state index contributed by atoms with van der Waals surface area (Å²) in [5, 5.41) is 9.94. The number of carbonyl (C=O) groups excluding carboxylic acids is 1. The van der Waals surface area contributed by atoms with E-state index in [2.05, 4.69) is 20.2 Å². The van der Waals surface area contributed by atoms with Crippen LogP contribution in [0.3, 0.4) is 0 Å². The van der Waals surface area contributed by atoms with E-state index in [1.54, 1.807) is 12.4 Å². The lowest BCUT2D eigenvalue weighted by atomic mass is 10.1. The number of Topliss-reactive ketones (excluding diaryl/α,β-unsaturated/α-hetero) is 1. The van der Waals surface area contributed by atoms with E-state index in [4.69, 9.17) is 0 Å². The quantitative estimate of drug-likeness (QED) is 0.420. The van der Waals surface area contributed by atoms with E-state index in [9.17, 15) is 4.79 Å². The van der Waals surface area contributed by atoms with Gasteiger partial charge >= 0.3 is 0 Å². The summed E-state index contributed by atoms with van der Waals surface area (Å²) in [7, 11) is 1.91. The summed E-state index contributed by atoms with van der Waals surface area (Å²) < 4.78 is 1.91. The van der Waals surface area contributed by atoms with Crippen LogP contribution in [0.15, 0.2) is 53.9 Å². The van der Waals surface area contributed by atoms with Crippen LogP contribution in [0, 0.1) is 6.92 Å². The zero-order valence-corrected chi connectivity index (χ0v) is 16.1. The van der Waals surface area contributed by atoms with Gasteiger partial charge in [-0.2, -0.15) is 0 Å². The van der Waals surface area contributed by atoms with Gasteiger partial charge in [-0.1, -0.05) is 30.0 Å². The van der Waals surface area contributed by atoms with Crippen molar-refractivity contribution in [3.63, 3.8) is 0 Å². The third-order valence-electron chi connectivity index (χ3n) is 4.56. The molecule has 3 heterocycles. The molecular weight excluding hydrogens is 358 g/mol. The summed E-state index contributed by atoms with van der Waals surface area (Å²) in [6.45, 7) is 3.85. The van der Waals surface area contributed by atoms with Crippen molar-refractivity contribution in [3.8, 4) is 11.4 Å². The fraction of sp³-hybridized carbons (Fsp3) is 0.200. The maximum atomic E-state index is 13.1. The predicted molar refractivity (Wildman–Crippen MR) is 107 cm³/mol. The van der Waals surface area contributed by atoms with Crippen molar-refractivity contribution in [2.75, 3.05) is 0 Å². The highest BCUT2D eigenvalue weighted by atomic mass is 32.2. The third-order valence-corrected chi connectivity index (χ3v) is 5.70. The molecule has 0 amide bonds. The smallest absolute Gasteiger partial charge is 0.191 e. The van der Waals surface area contributed by atoms with Crippen LogP contribution in [0.2, 0.25) is 0 Å². The summed E-state index contributed by atoms with van der Waals surface area (Å²) >= 11 is 1.42. The number of pyridine rings is 1. The fourth-order valence-electron chi connectivity index (χ4n) is 3.18. The van der Waals surface area contributed by atoms with Crippen LogP contribution in [0.1, 0.15) is 23.0 Å². The number of hydrogen-bond acceptors (Lipinski definition) is 5. The number of nitrogens with one attached hydrogen (secondary N) is 1. The molecule has 4 aromatic rings. The second-order valence-electron chi connectivity index (χ2n) is 6.40. The molecule has 0 radical (unpaired) electrons. The van der Waals surface area contributed by atoms with Gasteiger partial charge in [0.25, 0.3) is 0 Å². The summed E-state index contributed by atoms with van der Waals surface area (Å²) in [4.78, 5) is 20.5. The van der Waals surface area contributed by atoms with Crippen LogP contribution in [-0.2, 0) is 7.05 Å². The molecule has 0 aliphatic carbocycles. The summed E-state index contributed by atoms with van der Waals surface area (Å²) in [5.74, 6) is 0.839. The molecule has 7 heteroatoms. The monoisotopic (exact) mass is 377 g/mol. The van der Waals surface area contributed by atoms with E-state index >= 15 is 0 Å². The Morgan fingerprint density at radius 2 is 1.89 bits per heavy atom. The van der Waals surface area contributed by atoms with Gasteiger partial charge in [-0.3, -0.25) is 9.78 Å². The van der Waals surface area contributed by atoms with Crippen molar-refractivity contribution >= 4 is 28.4 Å². The van der Waals surface area contributed by atoms with E-state index in [1.807, 2.05) is 61.9 Å². The number of hydrogen-bond donors (Lipinski definition) is 1. The van der Waals surface area contributed by atoms with Crippen molar-refractivity contribution in [3.05, 3.63) is 60.0 Å². The molecule has 6 nitrogen and oxygen atoms in total. The van der Waals surface area contributed by atoms with E-state index < -0.39 is 0 Å². The zero-order chi connectivity index (χ0) is 19.0. The molecule has 0 aliphatic heterocycles. The van der Waals surface area contributed by atoms with E-state index in [0.717, 1.165) is 33.5 Å². The van der Waals surface area contributed by atoms with Crippen molar-refractivity contribution in [2.24, 2.45) is 7.05 Å². The molecule has 0 saturated heterocycles. The average Bonchev–Trinajstić information content (AvgIpc) is 3.21. The zero-order valence-electron chi connectivity index (χ0n) is 15.3. The van der Waals surface area contributed by atoms with Crippen molar-refractivity contribution in [1.82, 2.24) is 24.7 Å². The number of fused-ring (bicyclic) bond motifs is 1. The molecule has 1 atom stereocenters. The fourth-order valence-corrected chi connectivity index (χ4v) is 4.05. The third kappa shape index (κ3) is 3.14. The molecular formula is C20H19N5OS. The van der Waals surface area contributed by atoms with Gasteiger partial charge in [0.1, 0.15) is 0 Å². The number of para-hydroxylation sites is 1. The first-order chi connectivity index (χ1) is 13.1. The van der Waals surface area contributed by atoms with E-state index in [1.165, 1.54) is 11.8 Å². The highest BCUT2D eigenvalue weighted by Crippen LogP contribution is 2.30. The number of ketones is 1. The number of rotatable bonds is 5. The topological polar surface area (TPSA) is 76.5 Å². The lowest BCUT2D eigenvalue weighted by Crippen LogP contribution is -2.15. The highest BCUT2D eigenvalue weighted by molar-refractivity contribution is 8.00. The highest BCUT2D eigenvalue weighted by Gasteiger charge is 2.24. The minimum atomic E-state index is -0.281. The van der Waals surface area contributed by atoms with Gasteiger partial charge in [0, 0.05) is 47.2 Å². The Labute approximate surface area is 161 Å². The number of aromatic nitrogens is 5. The molecule has 4 rings (SSSR count). The first-order valence-electron chi connectivity index (χ1n) is 8.64. The Balaban J connectivity index is 1.61. The Bertz CT molecular complexity index is 1120. The van der Waals surface area contributed by atoms with Gasteiger partial charge in [-0.05, 0) is 32.0 Å². The summed E-state index contributed by atoms with van der Waals surface area (Å²) in [5.41, 5.74) is 3.57. The maximum Gasteiger partial charge on any atom is 0.191 e. The molecule has 0 spiro atoms. The maximum absolute atomic E-state index is 13.1. The number of aromatic amines is 1. The number of thioether (sulfide) groups is 1. The van der Waals surface area contributed by atoms with Gasteiger partial charge in [0.05, 0.1) is 5.25 Å². The molecule has 136 valence electrons. The average molecular weight is 377 g/mol. The second kappa shape index (κ2) is 7.00. The van der Waals surface area contributed by atoms with Crippen molar-refractivity contribution < 1.29 is 4.79 Å². The van der Waals surface area contributed by atoms with Gasteiger partial charge in [-0.25, -0.2) is 0 Å². The van der Waals surface area contributed by atoms with Gasteiger partial charge in [-0.15, -0.1) is 10.2 Å². The Hall–Kier alpha value is -2.93. The molecule has 1 aromatic carbocycles. The molecule has 1 N–H and O–H groups in total. The minimum absolute atomic E-state index is 0.0865. The molecule has 0 saturated carbocycles. The molecule has 3 aromatic heterocycles. The number of benzene rings is 1. The number of H-pyrrole nitrogens is 1. The Morgan fingerprint density at radius 3 is 2.67 bits per heavy atom. The van der Waals surface area contributed by atoms with Crippen molar-refractivity contribution in [1.29, 1.82) is 0 Å². The number of nitrogens with zero attached hydrogens (tertiary/aromatic N) is 4.